The first-order chi connectivity index (χ1) is 7.50. The number of ether oxygens (including phenoxy) is 1. The van der Waals surface area contributed by atoms with Gasteiger partial charge in [-0.3, -0.25) is 4.79 Å². The van der Waals surface area contributed by atoms with Crippen molar-refractivity contribution < 1.29 is 13.9 Å². The van der Waals surface area contributed by atoms with Gasteiger partial charge in [0.2, 0.25) is 0 Å². The molecule has 0 aromatic heterocycles. The summed E-state index contributed by atoms with van der Waals surface area (Å²) in [6, 6.07) is 4.54. The van der Waals surface area contributed by atoms with Crippen molar-refractivity contribution in [2.24, 2.45) is 0 Å². The van der Waals surface area contributed by atoms with Gasteiger partial charge in [-0.15, -0.1) is 0 Å². The summed E-state index contributed by atoms with van der Waals surface area (Å²) in [5.74, 6) is -1.00. The molecular formula is C11H13ClFNO2. The normalized spacial score (nSPS) is 10.3. The van der Waals surface area contributed by atoms with E-state index in [-0.39, 0.29) is 23.4 Å². The summed E-state index contributed by atoms with van der Waals surface area (Å²) in [6.07, 6.45) is -0.182. The lowest BCUT2D eigenvalue weighted by atomic mass is 10.3. The van der Waals surface area contributed by atoms with Gasteiger partial charge in [0, 0.05) is 0 Å². The summed E-state index contributed by atoms with van der Waals surface area (Å²) >= 11 is 5.58. The molecule has 0 fully saturated rings. The lowest BCUT2D eigenvalue weighted by Gasteiger charge is -2.10. The Balaban J connectivity index is 2.55. The van der Waals surface area contributed by atoms with Crippen LogP contribution in [-0.2, 0) is 9.53 Å². The van der Waals surface area contributed by atoms with Crippen LogP contribution >= 0.6 is 11.6 Å². The Labute approximate surface area is 98.5 Å². The molecule has 0 heterocycles. The van der Waals surface area contributed by atoms with Crippen LogP contribution in [0.1, 0.15) is 13.8 Å². The minimum absolute atomic E-state index is 0.0160. The molecule has 0 atom stereocenters. The van der Waals surface area contributed by atoms with Crippen molar-refractivity contribution in [3.05, 3.63) is 29.0 Å². The Morgan fingerprint density at radius 2 is 2.25 bits per heavy atom. The second-order valence-corrected chi connectivity index (χ2v) is 3.90. The number of hydrogen-bond acceptors (Lipinski definition) is 3. The molecule has 0 saturated carbocycles. The smallest absolute Gasteiger partial charge is 0.325 e. The summed E-state index contributed by atoms with van der Waals surface area (Å²) in [5.41, 5.74) is 0.188. The number of carbonyl (C=O) groups excluding carboxylic acids is 1. The van der Waals surface area contributed by atoms with Gasteiger partial charge in [-0.2, -0.15) is 0 Å². The maximum absolute atomic E-state index is 13.4. The van der Waals surface area contributed by atoms with Crippen molar-refractivity contribution in [1.82, 2.24) is 0 Å². The second-order valence-electron chi connectivity index (χ2n) is 3.49. The highest BCUT2D eigenvalue weighted by Crippen LogP contribution is 2.21. The van der Waals surface area contributed by atoms with Crippen LogP contribution in [0.25, 0.3) is 0 Å². The van der Waals surface area contributed by atoms with Crippen LogP contribution in [0.3, 0.4) is 0 Å². The van der Waals surface area contributed by atoms with Crippen molar-refractivity contribution >= 4 is 23.3 Å². The van der Waals surface area contributed by atoms with Gasteiger partial charge in [0.1, 0.15) is 6.54 Å². The van der Waals surface area contributed by atoms with E-state index in [2.05, 4.69) is 5.32 Å². The Hall–Kier alpha value is -1.29. The number of carbonyl (C=O) groups is 1. The average molecular weight is 246 g/mol. The molecule has 1 aromatic rings. The summed E-state index contributed by atoms with van der Waals surface area (Å²) in [4.78, 5) is 11.2. The molecule has 1 N–H and O–H groups in total. The highest BCUT2D eigenvalue weighted by Gasteiger charge is 2.09. The first kappa shape index (κ1) is 12.8. The van der Waals surface area contributed by atoms with Crippen LogP contribution < -0.4 is 5.32 Å². The molecule has 0 amide bonds. The van der Waals surface area contributed by atoms with Crippen molar-refractivity contribution in [2.45, 2.75) is 20.0 Å². The van der Waals surface area contributed by atoms with E-state index >= 15 is 0 Å². The lowest BCUT2D eigenvalue weighted by molar-refractivity contribution is -0.145. The average Bonchev–Trinajstić information content (AvgIpc) is 2.19. The fraction of sp³-hybridized carbons (Fsp3) is 0.364. The fourth-order valence-corrected chi connectivity index (χ4v) is 1.29. The van der Waals surface area contributed by atoms with Gasteiger partial charge in [-0.05, 0) is 26.0 Å². The molecule has 16 heavy (non-hydrogen) atoms. The van der Waals surface area contributed by atoms with E-state index in [0.717, 1.165) is 0 Å². The summed E-state index contributed by atoms with van der Waals surface area (Å²) < 4.78 is 18.3. The van der Waals surface area contributed by atoms with Crippen LogP contribution in [0.4, 0.5) is 10.1 Å². The molecular weight excluding hydrogens is 233 g/mol. The lowest BCUT2D eigenvalue weighted by Crippen LogP contribution is -2.20. The van der Waals surface area contributed by atoms with E-state index < -0.39 is 11.8 Å². The van der Waals surface area contributed by atoms with Crippen LogP contribution in [0, 0.1) is 5.82 Å². The number of esters is 1. The highest BCUT2D eigenvalue weighted by atomic mass is 35.5. The maximum atomic E-state index is 13.4. The number of nitrogens with one attached hydrogen (secondary N) is 1. The zero-order chi connectivity index (χ0) is 12.1. The molecule has 0 unspecified atom stereocenters. The molecule has 5 heteroatoms. The zero-order valence-corrected chi connectivity index (χ0v) is 9.84. The van der Waals surface area contributed by atoms with Gasteiger partial charge in [-0.25, -0.2) is 4.39 Å². The number of halogens is 2. The van der Waals surface area contributed by atoms with E-state index in [1.54, 1.807) is 19.9 Å². The summed E-state index contributed by atoms with van der Waals surface area (Å²) in [5, 5.41) is 2.64. The van der Waals surface area contributed by atoms with E-state index in [1.165, 1.54) is 12.1 Å². The third kappa shape index (κ3) is 3.70. The number of anilines is 1. The molecule has 3 nitrogen and oxygen atoms in total. The molecule has 0 spiro atoms. The Morgan fingerprint density at radius 3 is 2.88 bits per heavy atom. The van der Waals surface area contributed by atoms with E-state index in [0.29, 0.717) is 0 Å². The predicted molar refractivity (Wildman–Crippen MR) is 61.1 cm³/mol. The standard InChI is InChI=1S/C11H13ClFNO2/c1-7(2)16-10(15)6-14-9-5-3-4-8(12)11(9)13/h3-5,7,14H,6H2,1-2H3. The van der Waals surface area contributed by atoms with Gasteiger partial charge in [0.25, 0.3) is 0 Å². The predicted octanol–water partition coefficient (Wildman–Crippen LogP) is 2.84. The Morgan fingerprint density at radius 1 is 1.56 bits per heavy atom. The molecule has 0 aliphatic carbocycles. The quantitative estimate of drug-likeness (QED) is 0.829. The van der Waals surface area contributed by atoms with Gasteiger partial charge >= 0.3 is 5.97 Å². The number of rotatable bonds is 4. The van der Waals surface area contributed by atoms with E-state index in [1.807, 2.05) is 0 Å². The largest absolute Gasteiger partial charge is 0.462 e. The second kappa shape index (κ2) is 5.70. The Bertz CT molecular complexity index is 382. The van der Waals surface area contributed by atoms with Crippen molar-refractivity contribution in [2.75, 3.05) is 11.9 Å². The van der Waals surface area contributed by atoms with Crippen LogP contribution in [0.15, 0.2) is 18.2 Å². The van der Waals surface area contributed by atoms with Gasteiger partial charge in [0.15, 0.2) is 5.82 Å². The van der Waals surface area contributed by atoms with Gasteiger partial charge < -0.3 is 10.1 Å². The molecule has 88 valence electrons. The van der Waals surface area contributed by atoms with E-state index in [4.69, 9.17) is 16.3 Å². The van der Waals surface area contributed by atoms with Crippen molar-refractivity contribution in [3.63, 3.8) is 0 Å². The minimum Gasteiger partial charge on any atom is -0.462 e. The van der Waals surface area contributed by atoms with Gasteiger partial charge in [-0.1, -0.05) is 17.7 Å². The minimum atomic E-state index is -0.568. The molecule has 0 bridgehead atoms. The monoisotopic (exact) mass is 245 g/mol. The maximum Gasteiger partial charge on any atom is 0.325 e. The van der Waals surface area contributed by atoms with Crippen LogP contribution in [-0.4, -0.2) is 18.6 Å². The third-order valence-corrected chi connectivity index (χ3v) is 2.03. The molecule has 0 saturated heterocycles. The molecule has 1 aromatic carbocycles. The van der Waals surface area contributed by atoms with Crippen molar-refractivity contribution in [1.29, 1.82) is 0 Å². The van der Waals surface area contributed by atoms with Crippen LogP contribution in [0.2, 0.25) is 5.02 Å². The molecule has 1 rings (SSSR count). The molecule has 0 radical (unpaired) electrons. The molecule has 0 aliphatic heterocycles. The van der Waals surface area contributed by atoms with Crippen molar-refractivity contribution in [3.8, 4) is 0 Å². The highest BCUT2D eigenvalue weighted by molar-refractivity contribution is 6.31. The third-order valence-electron chi connectivity index (χ3n) is 1.74. The summed E-state index contributed by atoms with van der Waals surface area (Å²) in [7, 11) is 0. The SMILES string of the molecule is CC(C)OC(=O)CNc1cccc(Cl)c1F. The van der Waals surface area contributed by atoms with Gasteiger partial charge in [0.05, 0.1) is 16.8 Å². The molecule has 0 aliphatic rings. The fourth-order valence-electron chi connectivity index (χ4n) is 1.11. The first-order valence-electron chi connectivity index (χ1n) is 4.88. The first-order valence-corrected chi connectivity index (χ1v) is 5.26. The zero-order valence-electron chi connectivity index (χ0n) is 9.09. The van der Waals surface area contributed by atoms with Crippen LogP contribution in [0.5, 0.6) is 0 Å². The summed E-state index contributed by atoms with van der Waals surface area (Å²) in [6.45, 7) is 3.41. The number of hydrogen-bond donors (Lipinski definition) is 1. The number of benzene rings is 1. The van der Waals surface area contributed by atoms with E-state index in [9.17, 15) is 9.18 Å². The Kier molecular flexibility index (Phi) is 4.55. The topological polar surface area (TPSA) is 38.3 Å².